The molecular weight excluding hydrogens is 454 g/mol. The smallest absolute Gasteiger partial charge is 0.321 e. The molecule has 0 saturated heterocycles. The summed E-state index contributed by atoms with van der Waals surface area (Å²) in [7, 11) is 0. The number of aromatic nitrogens is 1. The number of benzene rings is 1. The number of hydrogen-bond donors (Lipinski definition) is 2. The molecule has 0 radical (unpaired) electrons. The van der Waals surface area contributed by atoms with Crippen LogP contribution in [0.4, 0.5) is 4.79 Å². The molecule has 1 aromatic carbocycles. The van der Waals surface area contributed by atoms with Crippen molar-refractivity contribution >= 4 is 23.5 Å². The van der Waals surface area contributed by atoms with Gasteiger partial charge in [0.25, 0.3) is 5.91 Å². The van der Waals surface area contributed by atoms with Crippen LogP contribution in [0.1, 0.15) is 84.1 Å². The van der Waals surface area contributed by atoms with Gasteiger partial charge in [-0.2, -0.15) is 0 Å². The minimum Gasteiger partial charge on any atom is -0.335 e. The SMILES string of the molecule is CC#Cc1cc(C)c(C2C(=O)CC3(CCC(NC(=O)NC(=O)c4ccccn4)CC3)CC2=O)c(C)c1. The topological polar surface area (TPSA) is 105 Å². The molecule has 7 nitrogen and oxygen atoms in total. The van der Waals surface area contributed by atoms with Gasteiger partial charge in [0.1, 0.15) is 23.2 Å². The van der Waals surface area contributed by atoms with Crippen LogP contribution in [0.15, 0.2) is 36.5 Å². The molecule has 0 aliphatic heterocycles. The standard InChI is InChI=1S/C29H31N3O4/c1-4-7-20-14-18(2)25(19(3)15-20)26-23(33)16-29(17-24(26)34)11-9-21(10-12-29)31-28(36)32-27(35)22-8-5-6-13-30-22/h5-6,8,13-15,21,26H,9-12,16-17H2,1-3H3,(H2,31,32,35,36). The van der Waals surface area contributed by atoms with Gasteiger partial charge < -0.3 is 5.32 Å². The van der Waals surface area contributed by atoms with E-state index >= 15 is 0 Å². The van der Waals surface area contributed by atoms with Gasteiger partial charge in [-0.25, -0.2) is 4.79 Å². The number of pyridine rings is 1. The Bertz CT molecular complexity index is 1220. The molecule has 2 aliphatic carbocycles. The fourth-order valence-electron chi connectivity index (χ4n) is 5.77. The van der Waals surface area contributed by atoms with Gasteiger partial charge in [-0.05, 0) is 92.8 Å². The number of carbonyl (C=O) groups excluding carboxylic acids is 4. The summed E-state index contributed by atoms with van der Waals surface area (Å²) in [6, 6.07) is 8.12. The van der Waals surface area contributed by atoms with Crippen molar-refractivity contribution in [1.82, 2.24) is 15.6 Å². The van der Waals surface area contributed by atoms with Crippen LogP contribution in [-0.2, 0) is 9.59 Å². The maximum Gasteiger partial charge on any atom is 0.321 e. The third-order valence-corrected chi connectivity index (χ3v) is 7.40. The van der Waals surface area contributed by atoms with Crippen molar-refractivity contribution in [2.45, 2.75) is 71.3 Å². The Labute approximate surface area is 211 Å². The van der Waals surface area contributed by atoms with Gasteiger partial charge in [0.15, 0.2) is 0 Å². The largest absolute Gasteiger partial charge is 0.335 e. The molecule has 3 amide bonds. The number of carbonyl (C=O) groups is 4. The molecule has 0 unspecified atom stereocenters. The van der Waals surface area contributed by atoms with Gasteiger partial charge in [-0.1, -0.05) is 12.0 Å². The van der Waals surface area contributed by atoms with Gasteiger partial charge in [-0.15, -0.1) is 5.92 Å². The molecule has 1 spiro atoms. The number of amides is 3. The summed E-state index contributed by atoms with van der Waals surface area (Å²) in [5.74, 6) is 4.64. The molecule has 2 aliphatic rings. The predicted octanol–water partition coefficient (Wildman–Crippen LogP) is 4.15. The highest BCUT2D eigenvalue weighted by Gasteiger charge is 2.47. The molecule has 7 heteroatoms. The number of hydrogen-bond acceptors (Lipinski definition) is 5. The number of rotatable bonds is 3. The van der Waals surface area contributed by atoms with Crippen molar-refractivity contribution < 1.29 is 19.2 Å². The number of aryl methyl sites for hydroxylation is 2. The summed E-state index contributed by atoms with van der Waals surface area (Å²) in [6.45, 7) is 5.66. The van der Waals surface area contributed by atoms with E-state index in [-0.39, 0.29) is 28.7 Å². The third-order valence-electron chi connectivity index (χ3n) is 7.40. The molecule has 2 fully saturated rings. The Morgan fingerprint density at radius 1 is 1.03 bits per heavy atom. The second kappa shape index (κ2) is 10.4. The lowest BCUT2D eigenvalue weighted by molar-refractivity contribution is -0.138. The maximum absolute atomic E-state index is 13.3. The average Bonchev–Trinajstić information content (AvgIpc) is 2.83. The van der Waals surface area contributed by atoms with E-state index in [1.807, 2.05) is 26.0 Å². The zero-order valence-electron chi connectivity index (χ0n) is 20.9. The molecule has 2 N–H and O–H groups in total. The van der Waals surface area contributed by atoms with Gasteiger partial charge in [-0.3, -0.25) is 24.7 Å². The van der Waals surface area contributed by atoms with E-state index in [1.165, 1.54) is 12.3 Å². The molecule has 0 bridgehead atoms. The molecule has 0 atom stereocenters. The summed E-state index contributed by atoms with van der Waals surface area (Å²) in [5.41, 5.74) is 3.39. The lowest BCUT2D eigenvalue weighted by Crippen LogP contribution is -2.49. The van der Waals surface area contributed by atoms with E-state index in [4.69, 9.17) is 0 Å². The fourth-order valence-corrected chi connectivity index (χ4v) is 5.77. The zero-order chi connectivity index (χ0) is 25.9. The number of urea groups is 1. The van der Waals surface area contributed by atoms with Crippen LogP contribution in [0.3, 0.4) is 0 Å². The first-order valence-corrected chi connectivity index (χ1v) is 12.3. The summed E-state index contributed by atoms with van der Waals surface area (Å²) >= 11 is 0. The van der Waals surface area contributed by atoms with Crippen LogP contribution in [0.25, 0.3) is 0 Å². The van der Waals surface area contributed by atoms with Gasteiger partial charge in [0, 0.05) is 30.6 Å². The van der Waals surface area contributed by atoms with E-state index in [0.29, 0.717) is 38.5 Å². The highest BCUT2D eigenvalue weighted by atomic mass is 16.2. The van der Waals surface area contributed by atoms with E-state index < -0.39 is 17.9 Å². The number of nitrogens with zero attached hydrogens (tertiary/aromatic N) is 1. The van der Waals surface area contributed by atoms with Crippen molar-refractivity contribution in [3.63, 3.8) is 0 Å². The highest BCUT2D eigenvalue weighted by molar-refractivity contribution is 6.10. The van der Waals surface area contributed by atoms with Crippen LogP contribution in [0, 0.1) is 31.1 Å². The second-order valence-electron chi connectivity index (χ2n) is 10.0. The average molecular weight is 486 g/mol. The van der Waals surface area contributed by atoms with E-state index in [2.05, 4.69) is 27.5 Å². The van der Waals surface area contributed by atoms with Crippen molar-refractivity contribution in [2.24, 2.45) is 5.41 Å². The van der Waals surface area contributed by atoms with Crippen LogP contribution < -0.4 is 10.6 Å². The van der Waals surface area contributed by atoms with Gasteiger partial charge in [0.05, 0.1) is 0 Å². The Kier molecular flexibility index (Phi) is 7.35. The summed E-state index contributed by atoms with van der Waals surface area (Å²) < 4.78 is 0. The first-order valence-electron chi connectivity index (χ1n) is 12.3. The summed E-state index contributed by atoms with van der Waals surface area (Å²) in [5, 5.41) is 5.16. The van der Waals surface area contributed by atoms with Crippen LogP contribution in [-0.4, -0.2) is 34.5 Å². The van der Waals surface area contributed by atoms with Crippen molar-refractivity contribution in [3.8, 4) is 11.8 Å². The number of nitrogens with one attached hydrogen (secondary N) is 2. The fraction of sp³-hybridized carbons (Fsp3) is 0.414. The minimum absolute atomic E-state index is 0.0168. The summed E-state index contributed by atoms with van der Waals surface area (Å²) in [4.78, 5) is 55.1. The lowest BCUT2D eigenvalue weighted by atomic mass is 9.60. The Morgan fingerprint density at radius 3 is 2.22 bits per heavy atom. The lowest BCUT2D eigenvalue weighted by Gasteiger charge is -2.43. The first kappa shape index (κ1) is 25.3. The molecule has 1 aromatic heterocycles. The molecule has 2 saturated carbocycles. The zero-order valence-corrected chi connectivity index (χ0v) is 20.9. The number of ketones is 2. The quantitative estimate of drug-likeness (QED) is 0.502. The highest BCUT2D eigenvalue weighted by Crippen LogP contribution is 2.49. The predicted molar refractivity (Wildman–Crippen MR) is 135 cm³/mol. The Balaban J connectivity index is 1.36. The van der Waals surface area contributed by atoms with Gasteiger partial charge in [0.2, 0.25) is 0 Å². The molecule has 4 rings (SSSR count). The monoisotopic (exact) mass is 485 g/mol. The second-order valence-corrected chi connectivity index (χ2v) is 10.0. The van der Waals surface area contributed by atoms with Crippen molar-refractivity contribution in [3.05, 3.63) is 64.5 Å². The summed E-state index contributed by atoms with van der Waals surface area (Å²) in [6.07, 6.45) is 4.89. The van der Waals surface area contributed by atoms with Crippen molar-refractivity contribution in [2.75, 3.05) is 0 Å². The third kappa shape index (κ3) is 5.38. The molecule has 186 valence electrons. The molecular formula is C29H31N3O4. The van der Waals surface area contributed by atoms with E-state index in [0.717, 1.165) is 22.3 Å². The van der Waals surface area contributed by atoms with Crippen LogP contribution in [0.5, 0.6) is 0 Å². The molecule has 2 aromatic rings. The van der Waals surface area contributed by atoms with Crippen LogP contribution >= 0.6 is 0 Å². The van der Waals surface area contributed by atoms with E-state index in [1.54, 1.807) is 19.1 Å². The first-order chi connectivity index (χ1) is 17.2. The van der Waals surface area contributed by atoms with Crippen molar-refractivity contribution in [1.29, 1.82) is 0 Å². The maximum atomic E-state index is 13.3. The molecule has 1 heterocycles. The molecule has 36 heavy (non-hydrogen) atoms. The Morgan fingerprint density at radius 2 is 1.67 bits per heavy atom. The number of Topliss-reactive ketones (excluding diaryl/α,β-unsaturated/α-hetero) is 2. The number of imide groups is 1. The van der Waals surface area contributed by atoms with Crippen LogP contribution in [0.2, 0.25) is 0 Å². The normalized spacial score (nSPS) is 23.5. The van der Waals surface area contributed by atoms with Gasteiger partial charge >= 0.3 is 6.03 Å². The van der Waals surface area contributed by atoms with E-state index in [9.17, 15) is 19.2 Å². The Hall–Kier alpha value is -3.79. The minimum atomic E-state index is -0.710.